The van der Waals surface area contributed by atoms with Crippen LogP contribution in [-0.4, -0.2) is 23.6 Å². The molecule has 1 unspecified atom stereocenters. The minimum Gasteiger partial charge on any atom is -0.350 e. The van der Waals surface area contributed by atoms with Crippen LogP contribution in [0.2, 0.25) is 0 Å². The molecule has 5 heteroatoms. The second-order valence-electron chi connectivity index (χ2n) is 4.45. The smallest absolute Gasteiger partial charge is 0.242 e. The Morgan fingerprint density at radius 2 is 2.16 bits per heavy atom. The third-order valence-electron chi connectivity index (χ3n) is 3.01. The molecule has 19 heavy (non-hydrogen) atoms. The molecular weight excluding hydrogens is 260 g/mol. The minimum atomic E-state index is -0.359. The maximum absolute atomic E-state index is 11.8. The van der Waals surface area contributed by atoms with Crippen LogP contribution in [0.3, 0.4) is 0 Å². The van der Waals surface area contributed by atoms with E-state index in [9.17, 15) is 9.59 Å². The molecule has 0 bridgehead atoms. The molecule has 0 saturated carbocycles. The molecule has 1 heterocycles. The SMILES string of the molecule is CCSc1ccc(CNC(=O)C2CCC(=O)N2)cc1. The quantitative estimate of drug-likeness (QED) is 0.806. The van der Waals surface area contributed by atoms with E-state index in [2.05, 4.69) is 29.7 Å². The predicted molar refractivity (Wildman–Crippen MR) is 75.9 cm³/mol. The van der Waals surface area contributed by atoms with Crippen molar-refractivity contribution in [1.29, 1.82) is 0 Å². The van der Waals surface area contributed by atoms with E-state index in [1.807, 2.05) is 12.1 Å². The molecular formula is C14H18N2O2S. The highest BCUT2D eigenvalue weighted by Crippen LogP contribution is 2.17. The van der Waals surface area contributed by atoms with Crippen LogP contribution < -0.4 is 10.6 Å². The van der Waals surface area contributed by atoms with Gasteiger partial charge in [0.15, 0.2) is 0 Å². The zero-order chi connectivity index (χ0) is 13.7. The van der Waals surface area contributed by atoms with Crippen molar-refractivity contribution < 1.29 is 9.59 Å². The number of carbonyl (C=O) groups excluding carboxylic acids is 2. The molecule has 1 aromatic rings. The highest BCUT2D eigenvalue weighted by atomic mass is 32.2. The van der Waals surface area contributed by atoms with Gasteiger partial charge in [0.1, 0.15) is 6.04 Å². The van der Waals surface area contributed by atoms with Gasteiger partial charge in [-0.2, -0.15) is 0 Å². The maximum Gasteiger partial charge on any atom is 0.242 e. The van der Waals surface area contributed by atoms with Gasteiger partial charge in [-0.1, -0.05) is 19.1 Å². The molecule has 1 saturated heterocycles. The molecule has 2 rings (SSSR count). The third kappa shape index (κ3) is 3.99. The molecule has 102 valence electrons. The Morgan fingerprint density at radius 1 is 1.42 bits per heavy atom. The Labute approximate surface area is 117 Å². The lowest BCUT2D eigenvalue weighted by Gasteiger charge is -2.11. The topological polar surface area (TPSA) is 58.2 Å². The molecule has 0 aliphatic carbocycles. The summed E-state index contributed by atoms with van der Waals surface area (Å²) in [5.41, 5.74) is 1.07. The summed E-state index contributed by atoms with van der Waals surface area (Å²) in [5.74, 6) is 0.913. The van der Waals surface area contributed by atoms with Gasteiger partial charge in [0, 0.05) is 17.9 Å². The molecule has 0 radical (unpaired) electrons. The van der Waals surface area contributed by atoms with E-state index in [1.54, 1.807) is 11.8 Å². The minimum absolute atomic E-state index is 0.0407. The van der Waals surface area contributed by atoms with Crippen LogP contribution in [0.5, 0.6) is 0 Å². The summed E-state index contributed by atoms with van der Waals surface area (Å²) >= 11 is 1.79. The van der Waals surface area contributed by atoms with E-state index < -0.39 is 0 Å². The van der Waals surface area contributed by atoms with Gasteiger partial charge in [0.25, 0.3) is 0 Å². The molecule has 1 fully saturated rings. The zero-order valence-corrected chi connectivity index (χ0v) is 11.8. The third-order valence-corrected chi connectivity index (χ3v) is 3.91. The molecule has 2 N–H and O–H groups in total. The van der Waals surface area contributed by atoms with Crippen LogP contribution in [0.1, 0.15) is 25.3 Å². The Bertz CT molecular complexity index is 459. The molecule has 1 aromatic carbocycles. The molecule has 0 spiro atoms. The van der Waals surface area contributed by atoms with Gasteiger partial charge in [0.05, 0.1) is 0 Å². The number of hydrogen-bond donors (Lipinski definition) is 2. The molecule has 0 aromatic heterocycles. The van der Waals surface area contributed by atoms with Crippen LogP contribution in [0.4, 0.5) is 0 Å². The van der Waals surface area contributed by atoms with Crippen LogP contribution in [0.15, 0.2) is 29.2 Å². The van der Waals surface area contributed by atoms with E-state index in [-0.39, 0.29) is 17.9 Å². The van der Waals surface area contributed by atoms with Crippen LogP contribution in [-0.2, 0) is 16.1 Å². The van der Waals surface area contributed by atoms with Crippen molar-refractivity contribution >= 4 is 23.6 Å². The lowest BCUT2D eigenvalue weighted by atomic mass is 10.2. The highest BCUT2D eigenvalue weighted by molar-refractivity contribution is 7.99. The average Bonchev–Trinajstić information content (AvgIpc) is 2.85. The summed E-state index contributed by atoms with van der Waals surface area (Å²) in [6.07, 6.45) is 1.04. The Balaban J connectivity index is 1.81. The number of hydrogen-bond acceptors (Lipinski definition) is 3. The summed E-state index contributed by atoms with van der Waals surface area (Å²) in [4.78, 5) is 24.1. The zero-order valence-electron chi connectivity index (χ0n) is 10.9. The number of benzene rings is 1. The second kappa shape index (κ2) is 6.61. The second-order valence-corrected chi connectivity index (χ2v) is 5.79. The van der Waals surface area contributed by atoms with Gasteiger partial charge in [0.2, 0.25) is 11.8 Å². The first kappa shape index (κ1) is 13.9. The van der Waals surface area contributed by atoms with Crippen LogP contribution >= 0.6 is 11.8 Å². The molecule has 2 amide bonds. The largest absolute Gasteiger partial charge is 0.350 e. The molecule has 4 nitrogen and oxygen atoms in total. The van der Waals surface area contributed by atoms with Crippen LogP contribution in [0, 0.1) is 0 Å². The number of rotatable bonds is 5. The van der Waals surface area contributed by atoms with Gasteiger partial charge in [-0.3, -0.25) is 9.59 Å². The van der Waals surface area contributed by atoms with E-state index in [0.717, 1.165) is 11.3 Å². The van der Waals surface area contributed by atoms with Crippen molar-refractivity contribution in [2.24, 2.45) is 0 Å². The first-order chi connectivity index (χ1) is 9.19. The first-order valence-electron chi connectivity index (χ1n) is 6.48. The number of carbonyl (C=O) groups is 2. The van der Waals surface area contributed by atoms with Gasteiger partial charge < -0.3 is 10.6 Å². The van der Waals surface area contributed by atoms with Crippen molar-refractivity contribution in [2.75, 3.05) is 5.75 Å². The summed E-state index contributed by atoms with van der Waals surface area (Å²) in [6.45, 7) is 2.62. The van der Waals surface area contributed by atoms with E-state index in [4.69, 9.17) is 0 Å². The normalized spacial score (nSPS) is 18.2. The van der Waals surface area contributed by atoms with E-state index >= 15 is 0 Å². The Hall–Kier alpha value is -1.49. The first-order valence-corrected chi connectivity index (χ1v) is 7.46. The lowest BCUT2D eigenvalue weighted by Crippen LogP contribution is -2.41. The Morgan fingerprint density at radius 3 is 2.74 bits per heavy atom. The van der Waals surface area contributed by atoms with E-state index in [0.29, 0.717) is 19.4 Å². The van der Waals surface area contributed by atoms with Crippen molar-refractivity contribution in [3.63, 3.8) is 0 Å². The molecule has 1 aliphatic rings. The van der Waals surface area contributed by atoms with Gasteiger partial charge in [-0.15, -0.1) is 11.8 Å². The summed E-state index contributed by atoms with van der Waals surface area (Å²) in [6, 6.07) is 7.80. The number of nitrogens with one attached hydrogen (secondary N) is 2. The molecule has 1 aliphatic heterocycles. The summed E-state index contributed by atoms with van der Waals surface area (Å²) in [7, 11) is 0. The number of thioether (sulfide) groups is 1. The van der Waals surface area contributed by atoms with Gasteiger partial charge >= 0.3 is 0 Å². The summed E-state index contributed by atoms with van der Waals surface area (Å²) < 4.78 is 0. The summed E-state index contributed by atoms with van der Waals surface area (Å²) in [5, 5.41) is 5.51. The Kier molecular flexibility index (Phi) is 4.85. The highest BCUT2D eigenvalue weighted by Gasteiger charge is 2.26. The number of amides is 2. The van der Waals surface area contributed by atoms with Crippen molar-refractivity contribution in [3.8, 4) is 0 Å². The van der Waals surface area contributed by atoms with Gasteiger partial charge in [-0.25, -0.2) is 0 Å². The molecule has 1 atom stereocenters. The lowest BCUT2D eigenvalue weighted by molar-refractivity contribution is -0.125. The van der Waals surface area contributed by atoms with Crippen molar-refractivity contribution in [2.45, 2.75) is 37.2 Å². The van der Waals surface area contributed by atoms with Crippen molar-refractivity contribution in [1.82, 2.24) is 10.6 Å². The predicted octanol–water partition coefficient (Wildman–Crippen LogP) is 1.69. The monoisotopic (exact) mass is 278 g/mol. The van der Waals surface area contributed by atoms with Crippen molar-refractivity contribution in [3.05, 3.63) is 29.8 Å². The maximum atomic E-state index is 11.8. The van der Waals surface area contributed by atoms with Crippen LogP contribution in [0.25, 0.3) is 0 Å². The fourth-order valence-electron chi connectivity index (χ4n) is 1.99. The fraction of sp³-hybridized carbons (Fsp3) is 0.429. The standard InChI is InChI=1S/C14H18N2O2S/c1-2-19-11-5-3-10(4-6-11)9-15-14(18)12-7-8-13(17)16-12/h3-6,12H,2,7-9H2,1H3,(H,15,18)(H,16,17). The average molecular weight is 278 g/mol. The fourth-order valence-corrected chi connectivity index (χ4v) is 2.66. The van der Waals surface area contributed by atoms with E-state index in [1.165, 1.54) is 4.90 Å². The van der Waals surface area contributed by atoms with Gasteiger partial charge in [-0.05, 0) is 29.9 Å².